The molecule has 0 aliphatic heterocycles. The highest BCUT2D eigenvalue weighted by Gasteiger charge is 2.15. The standard InChI is InChI=1S/2C16H20N2.2C12H14O3/c2*1-3-7-15(8-4-1)13-17-11-12-18-14-16-9-5-2-6-10-16;2*1-2-3-8-11(13)9-6-4-5-7-10(9)12(14)15/h2*1-10,17-18H,11-14H2;2*4-7H,2-3,8H2,1H3,(H,14,15)/p-1. The second-order valence-corrected chi connectivity index (χ2v) is 15.4. The van der Waals surface area contributed by atoms with Crippen molar-refractivity contribution in [3.63, 3.8) is 0 Å². The molecule has 10 heteroatoms. The summed E-state index contributed by atoms with van der Waals surface area (Å²) >= 11 is 0. The Labute approximate surface area is 391 Å². The molecule has 0 radical (unpaired) electrons. The number of carbonyl (C=O) groups is 4. The maximum atomic E-state index is 11.7. The molecule has 0 amide bonds. The van der Waals surface area contributed by atoms with Crippen LogP contribution < -0.4 is 26.4 Å². The van der Waals surface area contributed by atoms with Crippen LogP contribution in [0.5, 0.6) is 0 Å². The van der Waals surface area contributed by atoms with Crippen molar-refractivity contribution >= 4 is 23.5 Å². The summed E-state index contributed by atoms with van der Waals surface area (Å²) in [4.78, 5) is 44.9. The van der Waals surface area contributed by atoms with Gasteiger partial charge in [0.05, 0.1) is 11.5 Å². The zero-order chi connectivity index (χ0) is 47.5. The van der Waals surface area contributed by atoms with Crippen LogP contribution in [0, 0.1) is 0 Å². The zero-order valence-corrected chi connectivity index (χ0v) is 38.6. The second kappa shape index (κ2) is 33.9. The Balaban J connectivity index is 0.000000235. The normalized spacial score (nSPS) is 10.2. The van der Waals surface area contributed by atoms with Crippen LogP contribution in [0.4, 0.5) is 0 Å². The molecule has 10 nitrogen and oxygen atoms in total. The molecule has 0 aliphatic carbocycles. The van der Waals surface area contributed by atoms with E-state index in [0.717, 1.165) is 78.0 Å². The molecule has 6 rings (SSSR count). The number of hydrogen-bond acceptors (Lipinski definition) is 9. The Morgan fingerprint density at radius 2 is 0.652 bits per heavy atom. The first kappa shape index (κ1) is 53.8. The van der Waals surface area contributed by atoms with Crippen molar-refractivity contribution in [2.45, 2.75) is 78.6 Å². The Hall–Kier alpha value is -6.56. The van der Waals surface area contributed by atoms with Gasteiger partial charge in [0.15, 0.2) is 11.6 Å². The number of ketones is 2. The highest BCUT2D eigenvalue weighted by molar-refractivity contribution is 6.06. The van der Waals surface area contributed by atoms with E-state index < -0.39 is 11.9 Å². The number of nitrogens with one attached hydrogen (secondary N) is 4. The van der Waals surface area contributed by atoms with Gasteiger partial charge in [0, 0.05) is 81.9 Å². The van der Waals surface area contributed by atoms with Crippen molar-refractivity contribution in [3.05, 3.63) is 214 Å². The van der Waals surface area contributed by atoms with E-state index in [1.54, 1.807) is 30.3 Å². The van der Waals surface area contributed by atoms with Crippen LogP contribution in [0.2, 0.25) is 0 Å². The lowest BCUT2D eigenvalue weighted by atomic mass is 10.0. The summed E-state index contributed by atoms with van der Waals surface area (Å²) < 4.78 is 0. The van der Waals surface area contributed by atoms with Gasteiger partial charge in [0.2, 0.25) is 0 Å². The number of carboxylic acids is 2. The lowest BCUT2D eigenvalue weighted by Crippen LogP contribution is -2.26. The third kappa shape index (κ3) is 22.9. The first-order valence-corrected chi connectivity index (χ1v) is 22.9. The number of hydrogen-bond donors (Lipinski definition) is 5. The molecule has 0 heterocycles. The molecule has 0 spiro atoms. The van der Waals surface area contributed by atoms with E-state index in [1.807, 2.05) is 38.1 Å². The molecule has 0 aromatic heterocycles. The van der Waals surface area contributed by atoms with E-state index in [9.17, 15) is 24.3 Å². The minimum Gasteiger partial charge on any atom is -0.545 e. The molecule has 0 saturated heterocycles. The minimum atomic E-state index is -1.30. The van der Waals surface area contributed by atoms with E-state index in [-0.39, 0.29) is 28.3 Å². The molecular formula is C56H67N4O6-. The van der Waals surface area contributed by atoms with E-state index in [0.29, 0.717) is 18.4 Å². The Morgan fingerprint density at radius 1 is 0.394 bits per heavy atom. The SMILES string of the molecule is CCCCC(=O)c1ccccc1C(=O)O.CCCCC(=O)c1ccccc1C(=O)[O-].c1ccc(CNCCNCc2ccccc2)cc1.c1ccc(CNCCNCc2ccccc2)cc1. The summed E-state index contributed by atoms with van der Waals surface area (Å²) in [5, 5.41) is 33.3. The van der Waals surface area contributed by atoms with Gasteiger partial charge in [-0.3, -0.25) is 9.59 Å². The third-order valence-electron chi connectivity index (χ3n) is 10.1. The van der Waals surface area contributed by atoms with Crippen LogP contribution >= 0.6 is 0 Å². The van der Waals surface area contributed by atoms with Crippen molar-refractivity contribution in [1.82, 2.24) is 21.3 Å². The van der Waals surface area contributed by atoms with Crippen LogP contribution in [0.25, 0.3) is 0 Å². The third-order valence-corrected chi connectivity index (χ3v) is 10.1. The highest BCUT2D eigenvalue weighted by atomic mass is 16.4. The molecule has 348 valence electrons. The predicted molar refractivity (Wildman–Crippen MR) is 264 cm³/mol. The minimum absolute atomic E-state index is 0.0152. The van der Waals surface area contributed by atoms with Crippen molar-refractivity contribution in [3.8, 4) is 0 Å². The summed E-state index contributed by atoms with van der Waals surface area (Å²) in [6.45, 7) is 11.7. The quantitative estimate of drug-likeness (QED) is 0.0293. The van der Waals surface area contributed by atoms with E-state index >= 15 is 0 Å². The average molecular weight is 892 g/mol. The summed E-state index contributed by atoms with van der Waals surface area (Å²) in [6.07, 6.45) is 4.23. The molecule has 5 N–H and O–H groups in total. The van der Waals surface area contributed by atoms with E-state index in [1.165, 1.54) is 40.5 Å². The first-order chi connectivity index (χ1) is 32.2. The van der Waals surface area contributed by atoms with Crippen LogP contribution in [-0.4, -0.2) is 54.8 Å². The van der Waals surface area contributed by atoms with E-state index in [2.05, 4.69) is 118 Å². The Bertz CT molecular complexity index is 1990. The van der Waals surface area contributed by atoms with Crippen LogP contribution in [0.15, 0.2) is 170 Å². The lowest BCUT2D eigenvalue weighted by molar-refractivity contribution is -0.255. The number of carboxylic acid groups (broad SMARTS) is 2. The van der Waals surface area contributed by atoms with Gasteiger partial charge in [0.25, 0.3) is 0 Å². The number of rotatable bonds is 24. The molecule has 0 fully saturated rings. The maximum absolute atomic E-state index is 11.7. The molecule has 0 atom stereocenters. The number of Topliss-reactive ketones (excluding diaryl/α,β-unsaturated/α-hetero) is 2. The fourth-order valence-corrected chi connectivity index (χ4v) is 6.43. The lowest BCUT2D eigenvalue weighted by Gasteiger charge is -2.08. The van der Waals surface area contributed by atoms with Gasteiger partial charge in [0.1, 0.15) is 0 Å². The monoisotopic (exact) mass is 892 g/mol. The van der Waals surface area contributed by atoms with Gasteiger partial charge in [-0.2, -0.15) is 0 Å². The molecular weight excluding hydrogens is 825 g/mol. The summed E-state index contributed by atoms with van der Waals surface area (Å²) in [5.41, 5.74) is 5.99. The smallest absolute Gasteiger partial charge is 0.336 e. The van der Waals surface area contributed by atoms with E-state index in [4.69, 9.17) is 5.11 Å². The fourth-order valence-electron chi connectivity index (χ4n) is 6.43. The number of benzene rings is 6. The summed E-state index contributed by atoms with van der Waals surface area (Å²) in [6, 6.07) is 54.4. The Morgan fingerprint density at radius 3 is 0.924 bits per heavy atom. The van der Waals surface area contributed by atoms with Gasteiger partial charge in [-0.15, -0.1) is 0 Å². The van der Waals surface area contributed by atoms with Crippen molar-refractivity contribution in [2.75, 3.05) is 26.2 Å². The van der Waals surface area contributed by atoms with Gasteiger partial charge in [-0.05, 0) is 41.2 Å². The molecule has 0 aliphatic rings. The summed E-state index contributed by atoms with van der Waals surface area (Å²) in [5.74, 6) is -2.56. The van der Waals surface area contributed by atoms with Crippen molar-refractivity contribution in [1.29, 1.82) is 0 Å². The van der Waals surface area contributed by atoms with Gasteiger partial charge < -0.3 is 36.3 Å². The van der Waals surface area contributed by atoms with Crippen LogP contribution in [0.1, 0.15) is 116 Å². The molecule has 6 aromatic rings. The second-order valence-electron chi connectivity index (χ2n) is 15.4. The summed E-state index contributed by atoms with van der Waals surface area (Å²) in [7, 11) is 0. The predicted octanol–water partition coefficient (Wildman–Crippen LogP) is 9.31. The number of carbonyl (C=O) groups excluding carboxylic acids is 3. The topological polar surface area (TPSA) is 160 Å². The Kier molecular flexibility index (Phi) is 27.6. The zero-order valence-electron chi connectivity index (χ0n) is 38.6. The van der Waals surface area contributed by atoms with Gasteiger partial charge >= 0.3 is 5.97 Å². The van der Waals surface area contributed by atoms with Crippen LogP contribution in [-0.2, 0) is 26.2 Å². The molecule has 0 unspecified atom stereocenters. The number of aromatic carboxylic acids is 2. The van der Waals surface area contributed by atoms with Crippen LogP contribution in [0.3, 0.4) is 0 Å². The van der Waals surface area contributed by atoms with Gasteiger partial charge in [-0.1, -0.05) is 190 Å². The first-order valence-electron chi connectivity index (χ1n) is 22.9. The van der Waals surface area contributed by atoms with Crippen molar-refractivity contribution in [2.24, 2.45) is 0 Å². The average Bonchev–Trinajstić information content (AvgIpc) is 3.36. The maximum Gasteiger partial charge on any atom is 0.336 e. The molecule has 0 bridgehead atoms. The number of unbranched alkanes of at least 4 members (excludes halogenated alkanes) is 2. The fraction of sp³-hybridized carbons (Fsp3) is 0.286. The largest absolute Gasteiger partial charge is 0.545 e. The van der Waals surface area contributed by atoms with Gasteiger partial charge in [-0.25, -0.2) is 4.79 Å². The molecule has 6 aromatic carbocycles. The molecule has 66 heavy (non-hydrogen) atoms. The highest BCUT2D eigenvalue weighted by Crippen LogP contribution is 2.14. The van der Waals surface area contributed by atoms with Crippen molar-refractivity contribution < 1.29 is 29.4 Å². The molecule has 0 saturated carbocycles.